The van der Waals surface area contributed by atoms with Crippen LogP contribution in [0.3, 0.4) is 0 Å². The van der Waals surface area contributed by atoms with Gasteiger partial charge in [-0.15, -0.1) is 0 Å². The Kier molecular flexibility index (Phi) is 5.51. The van der Waals surface area contributed by atoms with Crippen molar-refractivity contribution in [1.29, 1.82) is 0 Å². The highest BCUT2D eigenvalue weighted by Crippen LogP contribution is 2.32. The van der Waals surface area contributed by atoms with Crippen LogP contribution in [0.25, 0.3) is 0 Å². The number of fused-ring (bicyclic) bond motifs is 1. The molecule has 0 N–H and O–H groups in total. The van der Waals surface area contributed by atoms with E-state index in [0.29, 0.717) is 42.9 Å². The van der Waals surface area contributed by atoms with Crippen LogP contribution in [-0.2, 0) is 6.18 Å². The summed E-state index contributed by atoms with van der Waals surface area (Å²) >= 11 is 0. The van der Waals surface area contributed by atoms with E-state index in [1.807, 2.05) is 4.90 Å². The fraction of sp³-hybridized carbons (Fsp3) is 0.364. The van der Waals surface area contributed by atoms with Crippen LogP contribution >= 0.6 is 0 Å². The van der Waals surface area contributed by atoms with Gasteiger partial charge in [0.1, 0.15) is 0 Å². The second-order valence-corrected chi connectivity index (χ2v) is 7.54. The van der Waals surface area contributed by atoms with E-state index in [-0.39, 0.29) is 11.8 Å². The third kappa shape index (κ3) is 4.05. The minimum Gasteiger partial charge on any atom is -0.369 e. The van der Waals surface area contributed by atoms with Crippen molar-refractivity contribution in [3.8, 4) is 0 Å². The number of anilines is 1. The standard InChI is InChI=1S/C22H22F3N3O2/c23-22(24,25)16-5-3-6-17(15-16)27-13-11-26(12-14-27)9-4-10-28-20(29)18-7-1-2-8-19(18)21(28)30/h1-3,5-8,15H,4,9-14H2. The molecule has 158 valence electrons. The molecule has 0 aromatic heterocycles. The molecular weight excluding hydrogens is 395 g/mol. The smallest absolute Gasteiger partial charge is 0.369 e. The molecule has 0 unspecified atom stereocenters. The quantitative estimate of drug-likeness (QED) is 0.699. The predicted octanol–water partition coefficient (Wildman–Crippen LogP) is 3.51. The van der Waals surface area contributed by atoms with Gasteiger partial charge in [-0.25, -0.2) is 0 Å². The Hall–Kier alpha value is -2.87. The van der Waals surface area contributed by atoms with Crippen molar-refractivity contribution in [2.24, 2.45) is 0 Å². The minimum atomic E-state index is -4.35. The number of nitrogens with zero attached hydrogens (tertiary/aromatic N) is 3. The number of halogens is 3. The molecule has 2 aromatic carbocycles. The molecule has 0 aliphatic carbocycles. The number of rotatable bonds is 5. The summed E-state index contributed by atoms with van der Waals surface area (Å²) in [5, 5.41) is 0. The van der Waals surface area contributed by atoms with Gasteiger partial charge in [0.2, 0.25) is 0 Å². The maximum absolute atomic E-state index is 12.9. The molecule has 0 spiro atoms. The Morgan fingerprint density at radius 3 is 2.03 bits per heavy atom. The molecule has 2 amide bonds. The lowest BCUT2D eigenvalue weighted by Crippen LogP contribution is -2.47. The van der Waals surface area contributed by atoms with E-state index in [2.05, 4.69) is 4.90 Å². The van der Waals surface area contributed by atoms with Crippen LogP contribution in [0, 0.1) is 0 Å². The van der Waals surface area contributed by atoms with Crippen LogP contribution in [0.15, 0.2) is 48.5 Å². The summed E-state index contributed by atoms with van der Waals surface area (Å²) in [6.45, 7) is 3.80. The Balaban J connectivity index is 1.26. The molecule has 30 heavy (non-hydrogen) atoms. The van der Waals surface area contributed by atoms with Gasteiger partial charge < -0.3 is 4.90 Å². The van der Waals surface area contributed by atoms with Gasteiger partial charge in [-0.2, -0.15) is 13.2 Å². The third-order valence-electron chi connectivity index (χ3n) is 5.65. The Bertz CT molecular complexity index is 918. The molecule has 0 bridgehead atoms. The SMILES string of the molecule is O=C1c2ccccc2C(=O)N1CCCN1CCN(c2cccc(C(F)(F)F)c2)CC1. The van der Waals surface area contributed by atoms with Crippen molar-refractivity contribution in [2.75, 3.05) is 44.2 Å². The lowest BCUT2D eigenvalue weighted by Gasteiger charge is -2.36. The number of benzene rings is 2. The van der Waals surface area contributed by atoms with Gasteiger partial charge in [-0.1, -0.05) is 18.2 Å². The second-order valence-electron chi connectivity index (χ2n) is 7.54. The van der Waals surface area contributed by atoms with Gasteiger partial charge in [0.05, 0.1) is 16.7 Å². The van der Waals surface area contributed by atoms with Crippen LogP contribution in [0.5, 0.6) is 0 Å². The molecule has 2 heterocycles. The van der Waals surface area contributed by atoms with Crippen molar-refractivity contribution in [3.05, 3.63) is 65.2 Å². The molecule has 2 aromatic rings. The van der Waals surface area contributed by atoms with E-state index in [1.54, 1.807) is 30.3 Å². The first-order chi connectivity index (χ1) is 14.3. The van der Waals surface area contributed by atoms with Crippen LogP contribution in [0.1, 0.15) is 32.7 Å². The molecule has 0 saturated carbocycles. The number of alkyl halides is 3. The number of hydrogen-bond acceptors (Lipinski definition) is 4. The molecule has 8 heteroatoms. The average Bonchev–Trinajstić information content (AvgIpc) is 2.99. The number of carbonyl (C=O) groups is 2. The van der Waals surface area contributed by atoms with Gasteiger partial charge in [0.15, 0.2) is 0 Å². The predicted molar refractivity (Wildman–Crippen MR) is 107 cm³/mol. The number of hydrogen-bond donors (Lipinski definition) is 0. The maximum Gasteiger partial charge on any atom is 0.416 e. The van der Waals surface area contributed by atoms with Gasteiger partial charge in [0.25, 0.3) is 11.8 Å². The summed E-state index contributed by atoms with van der Waals surface area (Å²) in [6, 6.07) is 12.2. The summed E-state index contributed by atoms with van der Waals surface area (Å²) < 4.78 is 38.8. The van der Waals surface area contributed by atoms with E-state index in [0.717, 1.165) is 25.7 Å². The van der Waals surface area contributed by atoms with E-state index in [9.17, 15) is 22.8 Å². The summed E-state index contributed by atoms with van der Waals surface area (Å²) in [7, 11) is 0. The lowest BCUT2D eigenvalue weighted by atomic mass is 10.1. The van der Waals surface area contributed by atoms with Crippen molar-refractivity contribution < 1.29 is 22.8 Å². The van der Waals surface area contributed by atoms with Crippen LogP contribution < -0.4 is 4.90 Å². The number of imide groups is 1. The fourth-order valence-electron chi connectivity index (χ4n) is 4.00. The van der Waals surface area contributed by atoms with Crippen molar-refractivity contribution >= 4 is 17.5 Å². The molecular formula is C22H22F3N3O2. The molecule has 4 rings (SSSR count). The zero-order valence-corrected chi connectivity index (χ0v) is 16.4. The first-order valence-electron chi connectivity index (χ1n) is 9.94. The Morgan fingerprint density at radius 2 is 1.43 bits per heavy atom. The third-order valence-corrected chi connectivity index (χ3v) is 5.65. The monoisotopic (exact) mass is 417 g/mol. The van der Waals surface area contributed by atoms with Gasteiger partial charge in [0, 0.05) is 38.4 Å². The maximum atomic E-state index is 12.9. The van der Waals surface area contributed by atoms with Crippen LogP contribution in [-0.4, -0.2) is 60.9 Å². The average molecular weight is 417 g/mol. The van der Waals surface area contributed by atoms with Crippen molar-refractivity contribution in [1.82, 2.24) is 9.80 Å². The van der Waals surface area contributed by atoms with E-state index in [1.165, 1.54) is 17.0 Å². The fourth-order valence-corrected chi connectivity index (χ4v) is 4.00. The number of piperazine rings is 1. The highest BCUT2D eigenvalue weighted by molar-refractivity contribution is 6.21. The first kappa shape index (κ1) is 20.4. The summed E-state index contributed by atoms with van der Waals surface area (Å²) in [4.78, 5) is 30.2. The van der Waals surface area contributed by atoms with Gasteiger partial charge in [-0.3, -0.25) is 19.4 Å². The van der Waals surface area contributed by atoms with E-state index >= 15 is 0 Å². The zero-order valence-electron chi connectivity index (χ0n) is 16.4. The van der Waals surface area contributed by atoms with Gasteiger partial charge >= 0.3 is 6.18 Å². The largest absolute Gasteiger partial charge is 0.416 e. The number of carbonyl (C=O) groups excluding carboxylic acids is 2. The van der Waals surface area contributed by atoms with Crippen LogP contribution in [0.2, 0.25) is 0 Å². The molecule has 2 aliphatic rings. The topological polar surface area (TPSA) is 43.9 Å². The summed E-state index contributed by atoms with van der Waals surface area (Å²) in [5.74, 6) is -0.491. The van der Waals surface area contributed by atoms with Crippen molar-refractivity contribution in [3.63, 3.8) is 0 Å². The van der Waals surface area contributed by atoms with Gasteiger partial charge in [-0.05, 0) is 43.3 Å². The van der Waals surface area contributed by atoms with Crippen LogP contribution in [0.4, 0.5) is 18.9 Å². The van der Waals surface area contributed by atoms with Crippen molar-refractivity contribution in [2.45, 2.75) is 12.6 Å². The minimum absolute atomic E-state index is 0.245. The second kappa shape index (κ2) is 8.10. The normalized spacial score (nSPS) is 17.6. The highest BCUT2D eigenvalue weighted by Gasteiger charge is 2.34. The molecule has 2 aliphatic heterocycles. The zero-order chi connectivity index (χ0) is 21.3. The molecule has 5 nitrogen and oxygen atoms in total. The van der Waals surface area contributed by atoms with E-state index < -0.39 is 11.7 Å². The molecule has 0 radical (unpaired) electrons. The molecule has 1 fully saturated rings. The first-order valence-corrected chi connectivity index (χ1v) is 9.94. The lowest BCUT2D eigenvalue weighted by molar-refractivity contribution is -0.137. The highest BCUT2D eigenvalue weighted by atomic mass is 19.4. The molecule has 1 saturated heterocycles. The van der Waals surface area contributed by atoms with E-state index in [4.69, 9.17) is 0 Å². The molecule has 0 atom stereocenters. The Labute approximate surface area is 172 Å². The summed E-state index contributed by atoms with van der Waals surface area (Å²) in [6.07, 6.45) is -3.68. The Morgan fingerprint density at radius 1 is 0.800 bits per heavy atom. The number of amides is 2. The summed E-state index contributed by atoms with van der Waals surface area (Å²) in [5.41, 5.74) is 0.855.